The molecule has 0 N–H and O–H groups in total. The zero-order valence-electron chi connectivity index (χ0n) is 11.0. The minimum absolute atomic E-state index is 0.0432. The summed E-state index contributed by atoms with van der Waals surface area (Å²) in [5.41, 5.74) is 0. The van der Waals surface area contributed by atoms with Gasteiger partial charge >= 0.3 is 0 Å². The molecule has 0 atom stereocenters. The molecule has 1 fully saturated rings. The van der Waals surface area contributed by atoms with Gasteiger partial charge in [0.2, 0.25) is 0 Å². The summed E-state index contributed by atoms with van der Waals surface area (Å²) >= 11 is 6.60. The maximum atomic E-state index is 12.3. The predicted octanol–water partition coefficient (Wildman–Crippen LogP) is 2.78. The minimum Gasteiger partial charge on any atom is -0.465 e. The van der Waals surface area contributed by atoms with E-state index >= 15 is 0 Å². The largest absolute Gasteiger partial charge is 0.465 e. The highest BCUT2D eigenvalue weighted by Gasteiger charge is 2.32. The molecule has 1 aromatic heterocycles. The normalized spacial score (nSPS) is 18.1. The Hall–Kier alpha value is -1.11. The molecule has 0 aliphatic carbocycles. The van der Waals surface area contributed by atoms with E-state index in [0.717, 1.165) is 13.1 Å². The lowest BCUT2D eigenvalue weighted by Crippen LogP contribution is -2.40. The molecular weight excluding hydrogens is 280 g/mol. The average Bonchev–Trinajstić information content (AvgIpc) is 2.99. The summed E-state index contributed by atoms with van der Waals surface area (Å²) in [5, 5.41) is 0. The lowest BCUT2D eigenvalue weighted by Gasteiger charge is -2.24. The van der Waals surface area contributed by atoms with E-state index in [0.29, 0.717) is 21.7 Å². The van der Waals surface area contributed by atoms with Crippen LogP contribution in [0.4, 0.5) is 0 Å². The Morgan fingerprint density at radius 2 is 2.21 bits per heavy atom. The Morgan fingerprint density at radius 3 is 2.79 bits per heavy atom. The summed E-state index contributed by atoms with van der Waals surface area (Å²) in [6.07, 6.45) is 3.32. The molecule has 1 amide bonds. The van der Waals surface area contributed by atoms with Gasteiger partial charge in [0.25, 0.3) is 5.91 Å². The third-order valence-corrected chi connectivity index (χ3v) is 4.30. The molecule has 2 heterocycles. The summed E-state index contributed by atoms with van der Waals surface area (Å²) < 4.78 is 5.83. The highest BCUT2D eigenvalue weighted by atomic mass is 32.2. The molecule has 0 aromatic carbocycles. The highest BCUT2D eigenvalue weighted by Crippen LogP contribution is 2.32. The Labute approximate surface area is 122 Å². The van der Waals surface area contributed by atoms with Crippen LogP contribution < -0.4 is 0 Å². The molecule has 0 spiro atoms. The van der Waals surface area contributed by atoms with Gasteiger partial charge in [-0.25, -0.2) is 0 Å². The van der Waals surface area contributed by atoms with Crippen LogP contribution in [0.3, 0.4) is 0 Å². The van der Waals surface area contributed by atoms with Crippen LogP contribution in [0, 0.1) is 0 Å². The molecule has 0 unspecified atom stereocenters. The van der Waals surface area contributed by atoms with E-state index in [4.69, 9.17) is 16.6 Å². The first kappa shape index (κ1) is 14.3. The first-order valence-corrected chi connectivity index (χ1v) is 7.39. The number of rotatable bonds is 5. The monoisotopic (exact) mass is 296 g/mol. The summed E-state index contributed by atoms with van der Waals surface area (Å²) in [5.74, 6) is 0.627. The number of hydrogen-bond acceptors (Lipinski definition) is 5. The molecule has 1 aliphatic heterocycles. The Morgan fingerprint density at radius 1 is 1.47 bits per heavy atom. The van der Waals surface area contributed by atoms with Gasteiger partial charge < -0.3 is 4.42 Å². The Kier molecular flexibility index (Phi) is 4.79. The van der Waals surface area contributed by atoms with Gasteiger partial charge in [0, 0.05) is 6.08 Å². The molecule has 4 nitrogen and oxygen atoms in total. The highest BCUT2D eigenvalue weighted by molar-refractivity contribution is 8.26. The van der Waals surface area contributed by atoms with E-state index in [1.807, 2.05) is 6.07 Å². The van der Waals surface area contributed by atoms with Gasteiger partial charge in [0.05, 0.1) is 17.8 Å². The second-order valence-corrected chi connectivity index (χ2v) is 5.75. The van der Waals surface area contributed by atoms with Crippen LogP contribution >= 0.6 is 24.0 Å². The van der Waals surface area contributed by atoms with Gasteiger partial charge in [-0.3, -0.25) is 14.6 Å². The molecule has 1 saturated heterocycles. The summed E-state index contributed by atoms with van der Waals surface area (Å²) in [4.78, 5) is 16.7. The van der Waals surface area contributed by atoms with Gasteiger partial charge in [0.15, 0.2) is 0 Å². The zero-order chi connectivity index (χ0) is 13.8. The first-order valence-electron chi connectivity index (χ1n) is 6.17. The van der Waals surface area contributed by atoms with Crippen LogP contribution in [0.15, 0.2) is 27.7 Å². The van der Waals surface area contributed by atoms with E-state index in [9.17, 15) is 4.79 Å². The quantitative estimate of drug-likeness (QED) is 0.617. The van der Waals surface area contributed by atoms with Gasteiger partial charge in [-0.15, -0.1) is 0 Å². The molecule has 1 aliphatic rings. The van der Waals surface area contributed by atoms with Crippen molar-refractivity contribution in [3.05, 3.63) is 29.1 Å². The van der Waals surface area contributed by atoms with E-state index < -0.39 is 0 Å². The number of hydrogen-bond donors (Lipinski definition) is 0. The van der Waals surface area contributed by atoms with Crippen molar-refractivity contribution >= 4 is 40.3 Å². The molecule has 6 heteroatoms. The molecule has 19 heavy (non-hydrogen) atoms. The number of amides is 1. The Balaban J connectivity index is 2.12. The third kappa shape index (κ3) is 3.26. The van der Waals surface area contributed by atoms with Gasteiger partial charge in [-0.1, -0.05) is 37.8 Å². The van der Waals surface area contributed by atoms with Gasteiger partial charge in [0.1, 0.15) is 10.1 Å². The summed E-state index contributed by atoms with van der Waals surface area (Å²) in [6, 6.07) is 3.61. The predicted molar refractivity (Wildman–Crippen MR) is 81.5 cm³/mol. The molecule has 0 radical (unpaired) electrons. The first-order chi connectivity index (χ1) is 9.15. The van der Waals surface area contributed by atoms with Crippen molar-refractivity contribution in [3.8, 4) is 0 Å². The SMILES string of the molecule is CCN(CC)CN1C(=O)C(=Cc2ccco2)SC1=S. The fourth-order valence-corrected chi connectivity index (χ4v) is 2.97. The van der Waals surface area contributed by atoms with E-state index in [2.05, 4.69) is 18.7 Å². The van der Waals surface area contributed by atoms with Crippen molar-refractivity contribution in [2.75, 3.05) is 19.8 Å². The zero-order valence-corrected chi connectivity index (χ0v) is 12.6. The van der Waals surface area contributed by atoms with E-state index in [-0.39, 0.29) is 5.91 Å². The molecule has 1 aromatic rings. The van der Waals surface area contributed by atoms with E-state index in [1.165, 1.54) is 11.8 Å². The van der Waals surface area contributed by atoms with Crippen molar-refractivity contribution in [3.63, 3.8) is 0 Å². The molecule has 102 valence electrons. The third-order valence-electron chi connectivity index (χ3n) is 2.93. The van der Waals surface area contributed by atoms with Crippen molar-refractivity contribution in [1.29, 1.82) is 0 Å². The topological polar surface area (TPSA) is 36.7 Å². The Bertz CT molecular complexity index is 493. The fourth-order valence-electron chi connectivity index (χ4n) is 1.75. The number of furan rings is 1. The number of thioether (sulfide) groups is 1. The average molecular weight is 296 g/mol. The minimum atomic E-state index is -0.0432. The van der Waals surface area contributed by atoms with Crippen molar-refractivity contribution in [2.45, 2.75) is 13.8 Å². The summed E-state index contributed by atoms with van der Waals surface area (Å²) in [6.45, 7) is 6.47. The molecular formula is C13H16N2O2S2. The lowest BCUT2D eigenvalue weighted by atomic mass is 10.3. The molecule has 2 rings (SSSR count). The van der Waals surface area contributed by atoms with Gasteiger partial charge in [-0.2, -0.15) is 0 Å². The standard InChI is InChI=1S/C13H16N2O2S2/c1-3-14(4-2)9-15-12(16)11(19-13(15)18)8-10-6-5-7-17-10/h5-8H,3-4,9H2,1-2H3. The van der Waals surface area contributed by atoms with Crippen molar-refractivity contribution < 1.29 is 9.21 Å². The van der Waals surface area contributed by atoms with Crippen molar-refractivity contribution in [2.24, 2.45) is 0 Å². The maximum Gasteiger partial charge on any atom is 0.267 e. The number of nitrogens with zero attached hydrogens (tertiary/aromatic N) is 2. The molecule has 0 bridgehead atoms. The van der Waals surface area contributed by atoms with E-state index in [1.54, 1.807) is 23.3 Å². The van der Waals surface area contributed by atoms with Crippen LogP contribution in [0.5, 0.6) is 0 Å². The number of thiocarbonyl (C=S) groups is 1. The smallest absolute Gasteiger partial charge is 0.267 e. The molecule has 0 saturated carbocycles. The van der Waals surface area contributed by atoms with Crippen LogP contribution in [-0.4, -0.2) is 39.8 Å². The van der Waals surface area contributed by atoms with Crippen LogP contribution in [0.25, 0.3) is 6.08 Å². The second kappa shape index (κ2) is 6.36. The van der Waals surface area contributed by atoms with Crippen molar-refractivity contribution in [1.82, 2.24) is 9.80 Å². The van der Waals surface area contributed by atoms with Crippen LogP contribution in [-0.2, 0) is 4.79 Å². The fraction of sp³-hybridized carbons (Fsp3) is 0.385. The van der Waals surface area contributed by atoms with Crippen LogP contribution in [0.2, 0.25) is 0 Å². The summed E-state index contributed by atoms with van der Waals surface area (Å²) in [7, 11) is 0. The number of carbonyl (C=O) groups is 1. The number of carbonyl (C=O) groups excluding carboxylic acids is 1. The second-order valence-electron chi connectivity index (χ2n) is 4.07. The lowest BCUT2D eigenvalue weighted by molar-refractivity contribution is -0.123. The van der Waals surface area contributed by atoms with Crippen LogP contribution in [0.1, 0.15) is 19.6 Å². The van der Waals surface area contributed by atoms with Gasteiger partial charge in [-0.05, 0) is 25.2 Å². The maximum absolute atomic E-state index is 12.3.